The van der Waals surface area contributed by atoms with E-state index in [1.807, 2.05) is 18.3 Å². The molecule has 0 bridgehead atoms. The molecule has 3 aromatic rings. The highest BCUT2D eigenvalue weighted by molar-refractivity contribution is 6.32. The van der Waals surface area contributed by atoms with Crippen LogP contribution in [0.5, 0.6) is 0 Å². The molecule has 1 aromatic heterocycles. The number of aryl methyl sites for hydroxylation is 1. The molecule has 1 atom stereocenters. The van der Waals surface area contributed by atoms with E-state index in [0.717, 1.165) is 73.7 Å². The number of carbonyl (C=O) groups excluding carboxylic acids is 1. The quantitative estimate of drug-likeness (QED) is 0.436. The van der Waals surface area contributed by atoms with Gasteiger partial charge in [-0.15, -0.1) is 0 Å². The molecule has 2 aliphatic heterocycles. The van der Waals surface area contributed by atoms with E-state index in [1.54, 1.807) is 0 Å². The first kappa shape index (κ1) is 24.5. The van der Waals surface area contributed by atoms with E-state index in [1.165, 1.54) is 10.9 Å². The van der Waals surface area contributed by atoms with Gasteiger partial charge in [0, 0.05) is 58.7 Å². The highest BCUT2D eigenvalue weighted by atomic mass is 35.5. The van der Waals surface area contributed by atoms with Crippen molar-refractivity contribution < 1.29 is 9.53 Å². The summed E-state index contributed by atoms with van der Waals surface area (Å²) in [6, 6.07) is 15.0. The summed E-state index contributed by atoms with van der Waals surface area (Å²) in [7, 11) is 0. The molecule has 192 valence electrons. The Bertz CT molecular complexity index is 1350. The summed E-state index contributed by atoms with van der Waals surface area (Å²) in [6.45, 7) is 5.93. The highest BCUT2D eigenvalue weighted by Gasteiger charge is 2.49. The van der Waals surface area contributed by atoms with Crippen LogP contribution >= 0.6 is 11.6 Å². The molecule has 2 saturated heterocycles. The van der Waals surface area contributed by atoms with Gasteiger partial charge in [-0.1, -0.05) is 23.7 Å². The maximum atomic E-state index is 12.7. The van der Waals surface area contributed by atoms with E-state index in [2.05, 4.69) is 52.5 Å². The molecule has 1 saturated carbocycles. The number of hydrogen-bond acceptors (Lipinski definition) is 4. The van der Waals surface area contributed by atoms with Gasteiger partial charge in [0.1, 0.15) is 0 Å². The molecule has 2 aromatic carbocycles. The molecule has 6 nitrogen and oxygen atoms in total. The lowest BCUT2D eigenvalue weighted by Gasteiger charge is -2.53. The molecule has 0 unspecified atom stereocenters. The third-order valence-corrected chi connectivity index (χ3v) is 9.15. The molecule has 3 fully saturated rings. The van der Waals surface area contributed by atoms with Crippen molar-refractivity contribution in [3.63, 3.8) is 0 Å². The Hall–Kier alpha value is -2.85. The Morgan fingerprint density at radius 1 is 1.24 bits per heavy atom. The first-order valence-corrected chi connectivity index (χ1v) is 13.7. The van der Waals surface area contributed by atoms with Crippen molar-refractivity contribution in [2.75, 3.05) is 26.3 Å². The van der Waals surface area contributed by atoms with Crippen LogP contribution in [0.2, 0.25) is 5.02 Å². The van der Waals surface area contributed by atoms with Crippen LogP contribution in [0.25, 0.3) is 10.9 Å². The van der Waals surface area contributed by atoms with Crippen molar-refractivity contribution in [1.29, 1.82) is 5.26 Å². The zero-order chi connectivity index (χ0) is 25.6. The Balaban J connectivity index is 1.25. The number of carbonyl (C=O) groups is 1. The number of aromatic amines is 1. The van der Waals surface area contributed by atoms with Gasteiger partial charge in [0.05, 0.1) is 19.3 Å². The van der Waals surface area contributed by atoms with E-state index in [9.17, 15) is 10.1 Å². The lowest BCUT2D eigenvalue weighted by molar-refractivity contribution is -0.0299. The van der Waals surface area contributed by atoms with Crippen molar-refractivity contribution in [1.82, 2.24) is 15.2 Å². The number of nitrogens with zero attached hydrogens (tertiary/aromatic N) is 2. The van der Waals surface area contributed by atoms with Crippen LogP contribution in [-0.2, 0) is 11.3 Å². The summed E-state index contributed by atoms with van der Waals surface area (Å²) in [5.41, 5.74) is 5.59. The standard InChI is InChI=1S/C30H33ClN4O2/c1-19-10-26(31)25(24-6-8-33-28(19)24)16-35-9-7-30(11-20(12-30)14-32)13-27(35)22-2-4-23(5-3-22)29(36)34-15-21-17-37-18-21/h2-6,8,10,20-21,27,33H,7,9,11-13,15-18H2,1H3,(H,34,36)/t20?,27-,30?/m0/s1. The molecule has 1 aliphatic carbocycles. The number of fused-ring (bicyclic) bond motifs is 1. The van der Waals surface area contributed by atoms with Gasteiger partial charge in [-0.2, -0.15) is 5.26 Å². The van der Waals surface area contributed by atoms with Gasteiger partial charge in [0.2, 0.25) is 0 Å². The second-order valence-electron chi connectivity index (χ2n) is 11.3. The number of piperidine rings is 1. The predicted octanol–water partition coefficient (Wildman–Crippen LogP) is 5.76. The van der Waals surface area contributed by atoms with Gasteiger partial charge >= 0.3 is 0 Å². The van der Waals surface area contributed by atoms with Crippen molar-refractivity contribution in [2.45, 2.75) is 45.2 Å². The summed E-state index contributed by atoms with van der Waals surface area (Å²) < 4.78 is 5.20. The second-order valence-corrected chi connectivity index (χ2v) is 11.7. The largest absolute Gasteiger partial charge is 0.381 e. The summed E-state index contributed by atoms with van der Waals surface area (Å²) in [6.07, 6.45) is 6.10. The monoisotopic (exact) mass is 516 g/mol. The fourth-order valence-corrected chi connectivity index (χ4v) is 6.86. The van der Waals surface area contributed by atoms with Crippen molar-refractivity contribution in [3.05, 3.63) is 69.9 Å². The van der Waals surface area contributed by atoms with Gasteiger partial charge in [-0.3, -0.25) is 9.69 Å². The molecule has 1 spiro atoms. The first-order valence-electron chi connectivity index (χ1n) is 13.3. The number of nitriles is 1. The molecule has 3 aliphatic rings. The van der Waals surface area contributed by atoms with Crippen molar-refractivity contribution in [3.8, 4) is 6.07 Å². The van der Waals surface area contributed by atoms with Crippen LogP contribution in [0.3, 0.4) is 0 Å². The van der Waals surface area contributed by atoms with Gasteiger partial charge in [0.25, 0.3) is 5.91 Å². The summed E-state index contributed by atoms with van der Waals surface area (Å²) in [5.74, 6) is 0.577. The molecular weight excluding hydrogens is 484 g/mol. The fraction of sp³-hybridized carbons (Fsp3) is 0.467. The Labute approximate surface area is 222 Å². The average molecular weight is 517 g/mol. The van der Waals surface area contributed by atoms with Crippen LogP contribution < -0.4 is 5.32 Å². The summed E-state index contributed by atoms with van der Waals surface area (Å²) >= 11 is 6.80. The minimum absolute atomic E-state index is 0.0347. The number of benzene rings is 2. The lowest BCUT2D eigenvalue weighted by Crippen LogP contribution is -2.48. The van der Waals surface area contributed by atoms with Gasteiger partial charge < -0.3 is 15.0 Å². The minimum Gasteiger partial charge on any atom is -0.381 e. The van der Waals surface area contributed by atoms with E-state index < -0.39 is 0 Å². The third kappa shape index (κ3) is 4.65. The van der Waals surface area contributed by atoms with E-state index in [0.29, 0.717) is 18.0 Å². The van der Waals surface area contributed by atoms with E-state index >= 15 is 0 Å². The first-order chi connectivity index (χ1) is 17.9. The van der Waals surface area contributed by atoms with Crippen LogP contribution in [-0.4, -0.2) is 42.1 Å². The molecule has 6 rings (SSSR count). The SMILES string of the molecule is Cc1cc(Cl)c(CN2CCC3(CC(C#N)C3)C[C@H]2c2ccc(C(=O)NCC3COC3)cc2)c2cc[nH]c12. The predicted molar refractivity (Wildman–Crippen MR) is 144 cm³/mol. The number of hydrogen-bond donors (Lipinski definition) is 2. The minimum atomic E-state index is -0.0347. The number of rotatable bonds is 6. The van der Waals surface area contributed by atoms with E-state index in [-0.39, 0.29) is 23.3 Å². The second kappa shape index (κ2) is 9.79. The molecule has 37 heavy (non-hydrogen) atoms. The Morgan fingerprint density at radius 2 is 2.03 bits per heavy atom. The average Bonchev–Trinajstić information content (AvgIpc) is 3.35. The number of aromatic nitrogens is 1. The van der Waals surface area contributed by atoms with Gasteiger partial charge in [-0.25, -0.2) is 0 Å². The van der Waals surface area contributed by atoms with Crippen molar-refractivity contribution >= 4 is 28.4 Å². The maximum absolute atomic E-state index is 12.7. The van der Waals surface area contributed by atoms with E-state index in [4.69, 9.17) is 16.3 Å². The number of H-pyrrole nitrogens is 1. The Morgan fingerprint density at radius 3 is 2.73 bits per heavy atom. The molecule has 7 heteroatoms. The molecule has 2 N–H and O–H groups in total. The summed E-state index contributed by atoms with van der Waals surface area (Å²) in [5, 5.41) is 14.4. The number of nitrogens with one attached hydrogen (secondary N) is 2. The van der Waals surface area contributed by atoms with Crippen molar-refractivity contribution in [2.24, 2.45) is 17.3 Å². The Kier molecular flexibility index (Phi) is 6.48. The molecule has 0 radical (unpaired) electrons. The third-order valence-electron chi connectivity index (χ3n) is 8.81. The number of amides is 1. The number of likely N-dealkylation sites (tertiary alicyclic amines) is 1. The molecule has 1 amide bonds. The van der Waals surface area contributed by atoms with Crippen LogP contribution in [0.4, 0.5) is 0 Å². The smallest absolute Gasteiger partial charge is 0.251 e. The van der Waals surface area contributed by atoms with Crippen LogP contribution in [0.15, 0.2) is 42.6 Å². The number of ether oxygens (including phenoxy) is 1. The lowest BCUT2D eigenvalue weighted by atomic mass is 9.56. The topological polar surface area (TPSA) is 81.2 Å². The summed E-state index contributed by atoms with van der Waals surface area (Å²) in [4.78, 5) is 18.6. The normalized spacial score (nSPS) is 26.0. The fourth-order valence-electron chi connectivity index (χ4n) is 6.53. The molecule has 3 heterocycles. The van der Waals surface area contributed by atoms with Gasteiger partial charge in [0.15, 0.2) is 0 Å². The highest BCUT2D eigenvalue weighted by Crippen LogP contribution is 2.56. The molecular formula is C30H33ClN4O2. The zero-order valence-electron chi connectivity index (χ0n) is 21.2. The zero-order valence-corrected chi connectivity index (χ0v) is 22.0. The van der Waals surface area contributed by atoms with Crippen LogP contribution in [0, 0.1) is 35.5 Å². The number of halogens is 1. The van der Waals surface area contributed by atoms with Crippen LogP contribution in [0.1, 0.15) is 58.8 Å². The maximum Gasteiger partial charge on any atom is 0.251 e. The van der Waals surface area contributed by atoms with Gasteiger partial charge in [-0.05, 0) is 85.5 Å².